The molecule has 0 heterocycles. The second-order valence-corrected chi connectivity index (χ2v) is 6.53. The summed E-state index contributed by atoms with van der Waals surface area (Å²) in [4.78, 5) is 6.32. The molecule has 0 atom stereocenters. The number of hydrogen-bond acceptors (Lipinski definition) is 3. The van der Waals surface area contributed by atoms with Gasteiger partial charge in [0, 0.05) is 26.7 Å². The van der Waals surface area contributed by atoms with Crippen LogP contribution in [0.3, 0.4) is 0 Å². The summed E-state index contributed by atoms with van der Waals surface area (Å²) in [6.45, 7) is 3.22. The number of aliphatic hydroxyl groups excluding tert-OH is 1. The van der Waals surface area contributed by atoms with Crippen LogP contribution >= 0.6 is 24.0 Å². The van der Waals surface area contributed by atoms with Crippen molar-refractivity contribution in [3.05, 3.63) is 29.6 Å². The number of hydrogen-bond donors (Lipinski definition) is 3. The van der Waals surface area contributed by atoms with Crippen molar-refractivity contribution in [2.75, 3.05) is 25.5 Å². The van der Waals surface area contributed by atoms with Gasteiger partial charge in [0.2, 0.25) is 0 Å². The first-order valence-corrected chi connectivity index (χ1v) is 8.68. The predicted molar refractivity (Wildman–Crippen MR) is 112 cm³/mol. The number of aliphatic hydroxyl groups is 1. The van der Waals surface area contributed by atoms with E-state index in [9.17, 15) is 9.50 Å². The van der Waals surface area contributed by atoms with Crippen LogP contribution in [0.4, 0.5) is 10.1 Å². The highest BCUT2D eigenvalue weighted by atomic mass is 127. The summed E-state index contributed by atoms with van der Waals surface area (Å²) in [7, 11) is 3.65. The average Bonchev–Trinajstić information content (AvgIpc) is 2.54. The maximum atomic E-state index is 14.0. The first kappa shape index (κ1) is 22.0. The highest BCUT2D eigenvalue weighted by Crippen LogP contribution is 2.19. The lowest BCUT2D eigenvalue weighted by atomic mass is 9.93. The van der Waals surface area contributed by atoms with Gasteiger partial charge in [0.15, 0.2) is 5.96 Å². The van der Waals surface area contributed by atoms with Crippen LogP contribution in [0.15, 0.2) is 23.2 Å². The molecule has 25 heavy (non-hydrogen) atoms. The van der Waals surface area contributed by atoms with Crippen LogP contribution < -0.4 is 15.5 Å². The molecule has 1 aliphatic carbocycles. The Morgan fingerprint density at radius 2 is 1.96 bits per heavy atom. The van der Waals surface area contributed by atoms with E-state index in [1.165, 1.54) is 0 Å². The molecule has 3 N–H and O–H groups in total. The third-order valence-corrected chi connectivity index (χ3v) is 4.30. The van der Waals surface area contributed by atoms with Gasteiger partial charge in [-0.1, -0.05) is 6.07 Å². The summed E-state index contributed by atoms with van der Waals surface area (Å²) in [5.41, 5.74) is 1.42. The summed E-state index contributed by atoms with van der Waals surface area (Å²) < 4.78 is 14.0. The first-order chi connectivity index (χ1) is 11.5. The summed E-state index contributed by atoms with van der Waals surface area (Å²) >= 11 is 0. The lowest BCUT2D eigenvalue weighted by Crippen LogP contribution is -2.45. The molecule has 0 amide bonds. The number of benzene rings is 1. The van der Waals surface area contributed by atoms with Crippen molar-refractivity contribution >= 4 is 35.6 Å². The van der Waals surface area contributed by atoms with Crippen molar-refractivity contribution in [2.24, 2.45) is 4.99 Å². The van der Waals surface area contributed by atoms with E-state index in [-0.39, 0.29) is 35.9 Å². The van der Waals surface area contributed by atoms with Gasteiger partial charge in [-0.15, -0.1) is 24.0 Å². The van der Waals surface area contributed by atoms with Crippen molar-refractivity contribution in [2.45, 2.75) is 51.3 Å². The maximum absolute atomic E-state index is 14.0. The largest absolute Gasteiger partial charge is 0.393 e. The van der Waals surface area contributed by atoms with E-state index in [0.29, 0.717) is 18.3 Å². The third-order valence-electron chi connectivity index (χ3n) is 4.30. The Labute approximate surface area is 167 Å². The molecular weight excluding hydrogens is 434 g/mol. The zero-order chi connectivity index (χ0) is 17.5. The summed E-state index contributed by atoms with van der Waals surface area (Å²) in [6, 6.07) is 5.56. The van der Waals surface area contributed by atoms with E-state index in [0.717, 1.165) is 43.8 Å². The molecule has 1 saturated carbocycles. The number of nitrogens with zero attached hydrogens (tertiary/aromatic N) is 2. The van der Waals surface area contributed by atoms with E-state index in [2.05, 4.69) is 15.6 Å². The number of halogens is 2. The van der Waals surface area contributed by atoms with Gasteiger partial charge < -0.3 is 20.6 Å². The van der Waals surface area contributed by atoms with Gasteiger partial charge in [0.25, 0.3) is 0 Å². The van der Waals surface area contributed by atoms with E-state index < -0.39 is 0 Å². The van der Waals surface area contributed by atoms with Gasteiger partial charge in [-0.25, -0.2) is 9.38 Å². The lowest BCUT2D eigenvalue weighted by molar-refractivity contribution is 0.120. The highest BCUT2D eigenvalue weighted by molar-refractivity contribution is 14.0. The molecule has 0 bridgehead atoms. The van der Waals surface area contributed by atoms with E-state index in [4.69, 9.17) is 0 Å². The molecule has 0 spiro atoms. The highest BCUT2D eigenvalue weighted by Gasteiger charge is 2.19. The van der Waals surface area contributed by atoms with Gasteiger partial charge in [0.05, 0.1) is 18.3 Å². The second kappa shape index (κ2) is 10.8. The monoisotopic (exact) mass is 464 g/mol. The van der Waals surface area contributed by atoms with Gasteiger partial charge in [0.1, 0.15) is 5.82 Å². The van der Waals surface area contributed by atoms with E-state index in [1.807, 2.05) is 27.1 Å². The molecule has 1 aliphatic rings. The first-order valence-electron chi connectivity index (χ1n) is 8.68. The van der Waals surface area contributed by atoms with Gasteiger partial charge in [-0.05, 0) is 50.3 Å². The minimum atomic E-state index is -0.230. The van der Waals surface area contributed by atoms with E-state index in [1.54, 1.807) is 17.0 Å². The van der Waals surface area contributed by atoms with Crippen molar-refractivity contribution < 1.29 is 9.50 Å². The summed E-state index contributed by atoms with van der Waals surface area (Å²) in [5, 5.41) is 16.2. The molecule has 0 aliphatic heterocycles. The molecule has 0 radical (unpaired) electrons. The minimum Gasteiger partial charge on any atom is -0.393 e. The van der Waals surface area contributed by atoms with Crippen LogP contribution in [0.25, 0.3) is 0 Å². The lowest BCUT2D eigenvalue weighted by Gasteiger charge is -2.27. The molecule has 0 unspecified atom stereocenters. The standard InChI is InChI=1S/C18H29FN4O.HI/c1-4-20-18(22-14-6-8-15(24)9-7-14)21-12-13-5-10-17(23(2)3)16(19)11-13;/h5,10-11,14-15,24H,4,6-9,12H2,1-3H3,(H2,20,21,22);1H. The summed E-state index contributed by atoms with van der Waals surface area (Å²) in [6.07, 6.45) is 3.37. The SMILES string of the molecule is CCNC(=NCc1ccc(N(C)C)c(F)c1)NC1CCC(O)CC1.I. The molecular formula is C18H30FIN4O. The van der Waals surface area contributed by atoms with Crippen LogP contribution in [0.5, 0.6) is 0 Å². The third kappa shape index (κ3) is 6.97. The minimum absolute atomic E-state index is 0. The fraction of sp³-hybridized carbons (Fsp3) is 0.611. The van der Waals surface area contributed by atoms with Crippen molar-refractivity contribution in [1.82, 2.24) is 10.6 Å². The normalized spacial score (nSPS) is 20.6. The average molecular weight is 464 g/mol. The number of anilines is 1. The van der Waals surface area contributed by atoms with Crippen LogP contribution in [0, 0.1) is 5.82 Å². The molecule has 0 aromatic heterocycles. The zero-order valence-corrected chi connectivity index (χ0v) is 17.6. The van der Waals surface area contributed by atoms with Crippen molar-refractivity contribution in [1.29, 1.82) is 0 Å². The Morgan fingerprint density at radius 3 is 2.52 bits per heavy atom. The molecule has 5 nitrogen and oxygen atoms in total. The second-order valence-electron chi connectivity index (χ2n) is 6.53. The molecule has 7 heteroatoms. The smallest absolute Gasteiger partial charge is 0.191 e. The van der Waals surface area contributed by atoms with Gasteiger partial charge in [-0.3, -0.25) is 0 Å². The Kier molecular flexibility index (Phi) is 9.48. The number of rotatable bonds is 5. The van der Waals surface area contributed by atoms with Crippen LogP contribution in [0.2, 0.25) is 0 Å². The molecule has 1 fully saturated rings. The Balaban J connectivity index is 0.00000312. The predicted octanol–water partition coefficient (Wildman–Crippen LogP) is 2.87. The topological polar surface area (TPSA) is 59.9 Å². The zero-order valence-electron chi connectivity index (χ0n) is 15.3. The molecule has 1 aromatic carbocycles. The number of guanidine groups is 1. The van der Waals surface area contributed by atoms with E-state index >= 15 is 0 Å². The number of aliphatic imine (C=N–C) groups is 1. The van der Waals surface area contributed by atoms with Crippen LogP contribution in [0.1, 0.15) is 38.2 Å². The van der Waals surface area contributed by atoms with Gasteiger partial charge >= 0.3 is 0 Å². The van der Waals surface area contributed by atoms with Crippen molar-refractivity contribution in [3.8, 4) is 0 Å². The fourth-order valence-electron chi connectivity index (χ4n) is 2.92. The Morgan fingerprint density at radius 1 is 1.28 bits per heavy atom. The van der Waals surface area contributed by atoms with Crippen molar-refractivity contribution in [3.63, 3.8) is 0 Å². The molecule has 0 saturated heterocycles. The maximum Gasteiger partial charge on any atom is 0.191 e. The molecule has 142 valence electrons. The summed E-state index contributed by atoms with van der Waals surface area (Å²) in [5.74, 6) is 0.517. The molecule has 2 rings (SSSR count). The van der Waals surface area contributed by atoms with Crippen LogP contribution in [-0.2, 0) is 6.54 Å². The Hall–Kier alpha value is -1.09. The van der Waals surface area contributed by atoms with Crippen LogP contribution in [-0.4, -0.2) is 43.9 Å². The Bertz CT molecular complexity index is 560. The van der Waals surface area contributed by atoms with Gasteiger partial charge in [-0.2, -0.15) is 0 Å². The quantitative estimate of drug-likeness (QED) is 0.357. The fourth-order valence-corrected chi connectivity index (χ4v) is 2.92. The number of nitrogens with one attached hydrogen (secondary N) is 2. The molecule has 1 aromatic rings.